The van der Waals surface area contributed by atoms with Crippen LogP contribution in [0.1, 0.15) is 38.5 Å². The Morgan fingerprint density at radius 3 is 2.28 bits per heavy atom. The van der Waals surface area contributed by atoms with Crippen molar-refractivity contribution in [3.63, 3.8) is 0 Å². The van der Waals surface area contributed by atoms with Crippen LogP contribution < -0.4 is 5.32 Å². The van der Waals surface area contributed by atoms with Crippen molar-refractivity contribution >= 4 is 6.03 Å². The predicted molar refractivity (Wildman–Crippen MR) is 70.3 cm³/mol. The molecule has 1 aliphatic carbocycles. The molecule has 0 aromatic rings. The Kier molecular flexibility index (Phi) is 7.76. The van der Waals surface area contributed by atoms with E-state index >= 15 is 0 Å². The van der Waals surface area contributed by atoms with Crippen molar-refractivity contribution in [1.82, 2.24) is 10.2 Å². The number of hydrogen-bond acceptors (Lipinski definition) is 3. The maximum atomic E-state index is 11.8. The van der Waals surface area contributed by atoms with Crippen LogP contribution in [-0.4, -0.2) is 54.0 Å². The van der Waals surface area contributed by atoms with Gasteiger partial charge in [-0.3, -0.25) is 0 Å². The predicted octanol–water partition coefficient (Wildman–Crippen LogP) is 0.953. The molecule has 18 heavy (non-hydrogen) atoms. The minimum absolute atomic E-state index is 0.0734. The Morgan fingerprint density at radius 2 is 1.72 bits per heavy atom. The van der Waals surface area contributed by atoms with E-state index in [2.05, 4.69) is 5.32 Å². The maximum absolute atomic E-state index is 11.8. The van der Waals surface area contributed by atoms with E-state index < -0.39 is 0 Å². The summed E-state index contributed by atoms with van der Waals surface area (Å²) in [6.07, 6.45) is 7.60. The van der Waals surface area contributed by atoms with Crippen molar-refractivity contribution in [2.45, 2.75) is 38.5 Å². The van der Waals surface area contributed by atoms with E-state index in [-0.39, 0.29) is 32.3 Å². The van der Waals surface area contributed by atoms with Crippen molar-refractivity contribution in [2.75, 3.05) is 32.8 Å². The zero-order chi connectivity index (χ0) is 13.2. The molecule has 1 fully saturated rings. The zero-order valence-corrected chi connectivity index (χ0v) is 11.1. The number of amides is 2. The topological polar surface area (TPSA) is 72.8 Å². The minimum atomic E-state index is -0.186. The second-order valence-electron chi connectivity index (χ2n) is 4.96. The zero-order valence-electron chi connectivity index (χ0n) is 11.1. The fourth-order valence-electron chi connectivity index (χ4n) is 2.53. The van der Waals surface area contributed by atoms with Crippen LogP contribution in [0.25, 0.3) is 0 Å². The second-order valence-corrected chi connectivity index (χ2v) is 4.96. The van der Waals surface area contributed by atoms with Crippen molar-refractivity contribution in [3.05, 3.63) is 0 Å². The molecule has 0 aliphatic heterocycles. The lowest BCUT2D eigenvalue weighted by atomic mass is 9.87. The number of carbonyl (C=O) groups is 1. The van der Waals surface area contributed by atoms with Gasteiger partial charge in [-0.1, -0.05) is 32.1 Å². The largest absolute Gasteiger partial charge is 0.395 e. The Labute approximate surface area is 109 Å². The van der Waals surface area contributed by atoms with E-state index in [1.807, 2.05) is 0 Å². The first-order valence-electron chi connectivity index (χ1n) is 7.02. The number of aliphatic hydroxyl groups excluding tert-OH is 2. The average molecular weight is 258 g/mol. The maximum Gasteiger partial charge on any atom is 0.317 e. The number of urea groups is 1. The van der Waals surface area contributed by atoms with Crippen LogP contribution in [0.3, 0.4) is 0 Å². The summed E-state index contributed by atoms with van der Waals surface area (Å²) in [4.78, 5) is 13.2. The standard InChI is InChI=1S/C13H26N2O3/c16-10-8-15(9-11-17)13(18)14-7-6-12-4-2-1-3-5-12/h12,16-17H,1-11H2,(H,14,18). The van der Waals surface area contributed by atoms with Crippen molar-refractivity contribution in [1.29, 1.82) is 0 Å². The van der Waals surface area contributed by atoms with Gasteiger partial charge in [0.15, 0.2) is 0 Å². The summed E-state index contributed by atoms with van der Waals surface area (Å²) < 4.78 is 0. The molecule has 1 aliphatic rings. The molecule has 0 atom stereocenters. The molecule has 0 aromatic carbocycles. The summed E-state index contributed by atoms with van der Waals surface area (Å²) >= 11 is 0. The van der Waals surface area contributed by atoms with Gasteiger partial charge in [-0.15, -0.1) is 0 Å². The lowest BCUT2D eigenvalue weighted by Gasteiger charge is -2.24. The first kappa shape index (κ1) is 15.2. The Morgan fingerprint density at radius 1 is 1.11 bits per heavy atom. The van der Waals surface area contributed by atoms with Gasteiger partial charge in [0.2, 0.25) is 0 Å². The molecule has 0 aromatic heterocycles. The molecule has 0 heterocycles. The third kappa shape index (κ3) is 5.69. The van der Waals surface area contributed by atoms with Gasteiger partial charge in [-0.05, 0) is 12.3 Å². The molecule has 106 valence electrons. The molecular weight excluding hydrogens is 232 g/mol. The Balaban J connectivity index is 2.17. The van der Waals surface area contributed by atoms with Crippen LogP contribution in [0, 0.1) is 5.92 Å². The summed E-state index contributed by atoms with van der Waals surface area (Å²) in [6.45, 7) is 1.09. The van der Waals surface area contributed by atoms with E-state index in [9.17, 15) is 4.79 Å². The van der Waals surface area contributed by atoms with Gasteiger partial charge in [0.05, 0.1) is 13.2 Å². The summed E-state index contributed by atoms with van der Waals surface area (Å²) in [7, 11) is 0. The Bertz CT molecular complexity index is 224. The third-order valence-corrected chi connectivity index (χ3v) is 3.58. The lowest BCUT2D eigenvalue weighted by Crippen LogP contribution is -2.43. The molecule has 0 radical (unpaired) electrons. The quantitative estimate of drug-likeness (QED) is 0.636. The highest BCUT2D eigenvalue weighted by molar-refractivity contribution is 5.74. The van der Waals surface area contributed by atoms with E-state index in [0.29, 0.717) is 6.54 Å². The van der Waals surface area contributed by atoms with E-state index in [0.717, 1.165) is 12.3 Å². The van der Waals surface area contributed by atoms with Crippen LogP contribution in [0.2, 0.25) is 0 Å². The summed E-state index contributed by atoms with van der Waals surface area (Å²) in [5, 5.41) is 20.5. The molecule has 0 unspecified atom stereocenters. The summed E-state index contributed by atoms with van der Waals surface area (Å²) in [5.74, 6) is 0.753. The number of carbonyl (C=O) groups excluding carboxylic acids is 1. The SMILES string of the molecule is O=C(NCCC1CCCCC1)N(CCO)CCO. The number of hydrogen-bond donors (Lipinski definition) is 3. The lowest BCUT2D eigenvalue weighted by molar-refractivity contribution is 0.157. The number of nitrogens with one attached hydrogen (secondary N) is 1. The molecule has 1 saturated carbocycles. The fraction of sp³-hybridized carbons (Fsp3) is 0.923. The monoisotopic (exact) mass is 258 g/mol. The molecule has 3 N–H and O–H groups in total. The first-order valence-corrected chi connectivity index (χ1v) is 7.02. The first-order chi connectivity index (χ1) is 8.77. The second kappa shape index (κ2) is 9.16. The van der Waals surface area contributed by atoms with Gasteiger partial charge < -0.3 is 20.4 Å². The fourth-order valence-corrected chi connectivity index (χ4v) is 2.53. The Hall–Kier alpha value is -0.810. The molecule has 2 amide bonds. The molecule has 0 saturated heterocycles. The summed E-state index contributed by atoms with van der Waals surface area (Å²) in [6, 6.07) is -0.186. The summed E-state index contributed by atoms with van der Waals surface area (Å²) in [5.41, 5.74) is 0. The van der Waals surface area contributed by atoms with Crippen molar-refractivity contribution < 1.29 is 15.0 Å². The molecule has 5 heteroatoms. The molecule has 0 spiro atoms. The third-order valence-electron chi connectivity index (χ3n) is 3.58. The number of aliphatic hydroxyl groups is 2. The van der Waals surface area contributed by atoms with Crippen LogP contribution in [0.15, 0.2) is 0 Å². The smallest absolute Gasteiger partial charge is 0.317 e. The minimum Gasteiger partial charge on any atom is -0.395 e. The highest BCUT2D eigenvalue weighted by Crippen LogP contribution is 2.25. The van der Waals surface area contributed by atoms with Gasteiger partial charge in [-0.25, -0.2) is 4.79 Å². The van der Waals surface area contributed by atoms with Gasteiger partial charge >= 0.3 is 6.03 Å². The van der Waals surface area contributed by atoms with Crippen molar-refractivity contribution in [2.24, 2.45) is 5.92 Å². The van der Waals surface area contributed by atoms with E-state index in [1.165, 1.54) is 37.0 Å². The molecule has 0 bridgehead atoms. The van der Waals surface area contributed by atoms with Crippen LogP contribution >= 0.6 is 0 Å². The van der Waals surface area contributed by atoms with Crippen LogP contribution in [-0.2, 0) is 0 Å². The van der Waals surface area contributed by atoms with Gasteiger partial charge in [0, 0.05) is 19.6 Å². The molecule has 1 rings (SSSR count). The van der Waals surface area contributed by atoms with E-state index in [1.54, 1.807) is 0 Å². The highest BCUT2D eigenvalue weighted by atomic mass is 16.3. The molecular formula is C13H26N2O3. The van der Waals surface area contributed by atoms with Crippen molar-refractivity contribution in [3.8, 4) is 0 Å². The highest BCUT2D eigenvalue weighted by Gasteiger charge is 2.15. The van der Waals surface area contributed by atoms with Gasteiger partial charge in [-0.2, -0.15) is 0 Å². The van der Waals surface area contributed by atoms with Crippen LogP contribution in [0.5, 0.6) is 0 Å². The number of nitrogens with zero attached hydrogens (tertiary/aromatic N) is 1. The van der Waals surface area contributed by atoms with Gasteiger partial charge in [0.25, 0.3) is 0 Å². The average Bonchev–Trinajstić information content (AvgIpc) is 2.39. The van der Waals surface area contributed by atoms with Crippen LogP contribution in [0.4, 0.5) is 4.79 Å². The normalized spacial score (nSPS) is 16.6. The molecule has 5 nitrogen and oxygen atoms in total. The van der Waals surface area contributed by atoms with Gasteiger partial charge in [0.1, 0.15) is 0 Å². The number of rotatable bonds is 7. The van der Waals surface area contributed by atoms with E-state index in [4.69, 9.17) is 10.2 Å².